The Morgan fingerprint density at radius 3 is 2.50 bits per heavy atom. The van der Waals surface area contributed by atoms with Crippen molar-refractivity contribution in [1.29, 1.82) is 0 Å². The van der Waals surface area contributed by atoms with E-state index in [1.165, 1.54) is 13.0 Å². The molecule has 0 unspecified atom stereocenters. The molecule has 2 rings (SSSR count). The molecule has 0 aromatic heterocycles. The van der Waals surface area contributed by atoms with Crippen molar-refractivity contribution in [3.63, 3.8) is 0 Å². The van der Waals surface area contributed by atoms with Crippen LogP contribution < -0.4 is 20.1 Å². The van der Waals surface area contributed by atoms with E-state index in [1.807, 2.05) is 0 Å². The monoisotopic (exact) mass is 515 g/mol. The number of halogens is 6. The van der Waals surface area contributed by atoms with Crippen molar-refractivity contribution in [2.75, 3.05) is 28.6 Å². The molecule has 0 spiro atoms. The van der Waals surface area contributed by atoms with Crippen LogP contribution in [0.3, 0.4) is 0 Å². The van der Waals surface area contributed by atoms with Crippen LogP contribution in [0.5, 0.6) is 5.75 Å². The summed E-state index contributed by atoms with van der Waals surface area (Å²) in [7, 11) is 0. The maximum atomic E-state index is 14.0. The third kappa shape index (κ3) is 6.24. The van der Waals surface area contributed by atoms with E-state index in [2.05, 4.69) is 22.9 Å². The highest BCUT2D eigenvalue weighted by molar-refractivity contribution is 7.82. The Bertz CT molecular complexity index is 1040. The summed E-state index contributed by atoms with van der Waals surface area (Å²) in [6.07, 6.45) is -4.69. The molecular formula is C18H15Cl2F4N3O4S. The van der Waals surface area contributed by atoms with Crippen molar-refractivity contribution in [3.05, 3.63) is 45.7 Å². The maximum Gasteiger partial charge on any atom is 0.422 e. The molecule has 2 aromatic carbocycles. The summed E-state index contributed by atoms with van der Waals surface area (Å²) in [6, 6.07) is 2.92. The molecule has 3 N–H and O–H groups in total. The molecule has 0 heterocycles. The van der Waals surface area contributed by atoms with Crippen LogP contribution >= 0.6 is 36.0 Å². The lowest BCUT2D eigenvalue weighted by Gasteiger charge is -2.21. The number of thiol groups is 1. The first-order chi connectivity index (χ1) is 14.9. The largest absolute Gasteiger partial charge is 0.483 e. The third-order valence-electron chi connectivity index (χ3n) is 3.71. The van der Waals surface area contributed by atoms with Crippen LogP contribution in [0.15, 0.2) is 24.3 Å². The highest BCUT2D eigenvalue weighted by Crippen LogP contribution is 2.36. The topological polar surface area (TPSA) is 93.9 Å². The number of nitrogens with two attached hydrogens (primary N) is 1. The van der Waals surface area contributed by atoms with Gasteiger partial charge in [0.15, 0.2) is 6.61 Å². The molecule has 0 bridgehead atoms. The summed E-state index contributed by atoms with van der Waals surface area (Å²) in [5.74, 6) is -2.45. The molecule has 2 aromatic rings. The van der Waals surface area contributed by atoms with Crippen molar-refractivity contribution >= 4 is 65.1 Å². The van der Waals surface area contributed by atoms with Gasteiger partial charge in [0.25, 0.3) is 0 Å². The quantitative estimate of drug-likeness (QED) is 0.150. The van der Waals surface area contributed by atoms with Gasteiger partial charge in [0.2, 0.25) is 0 Å². The Hall–Kier alpha value is -2.57. The Labute approximate surface area is 194 Å². The summed E-state index contributed by atoms with van der Waals surface area (Å²) >= 11 is 15.7. The van der Waals surface area contributed by atoms with E-state index in [-0.39, 0.29) is 28.0 Å². The minimum atomic E-state index is -4.69. The van der Waals surface area contributed by atoms with Crippen LogP contribution in [0.25, 0.3) is 0 Å². The standard InChI is InChI=1S/C18H15Cl2F4N3O4S/c1-2-30-16(28)8-5-12(11(25)6-13(8)31-7-18(22,23)24)27(32)17(29)26-15-10(21)4-3-9(19)14(15)20/h3-6,32H,2,7,25H2,1H3,(H,26,29). The van der Waals surface area contributed by atoms with Gasteiger partial charge in [-0.05, 0) is 25.1 Å². The number of hydrogen-bond donors (Lipinski definition) is 3. The first-order valence-electron chi connectivity index (χ1n) is 8.59. The molecule has 0 fully saturated rings. The van der Waals surface area contributed by atoms with Gasteiger partial charge in [0, 0.05) is 6.07 Å². The van der Waals surface area contributed by atoms with Crippen LogP contribution in [0, 0.1) is 5.82 Å². The molecule has 0 aliphatic carbocycles. The maximum absolute atomic E-state index is 14.0. The zero-order chi connectivity index (χ0) is 24.2. The Morgan fingerprint density at radius 2 is 1.91 bits per heavy atom. The van der Waals surface area contributed by atoms with Gasteiger partial charge in [-0.15, -0.1) is 0 Å². The van der Waals surface area contributed by atoms with Crippen molar-refractivity contribution in [2.45, 2.75) is 13.1 Å². The van der Waals surface area contributed by atoms with Crippen LogP contribution in [0.4, 0.5) is 39.4 Å². The number of carbonyl (C=O) groups is 2. The molecule has 0 aliphatic rings. The van der Waals surface area contributed by atoms with Gasteiger partial charge >= 0.3 is 18.2 Å². The molecule has 0 atom stereocenters. The predicted molar refractivity (Wildman–Crippen MR) is 115 cm³/mol. The highest BCUT2D eigenvalue weighted by atomic mass is 35.5. The number of hydrogen-bond acceptors (Lipinski definition) is 6. The number of ether oxygens (including phenoxy) is 2. The number of esters is 1. The second kappa shape index (κ2) is 10.4. The SMILES string of the molecule is CCOC(=O)c1cc(N(S)C(=O)Nc2c(F)ccc(Cl)c2Cl)c(N)cc1OCC(F)(F)F. The number of anilines is 3. The summed E-state index contributed by atoms with van der Waals surface area (Å²) in [4.78, 5) is 24.8. The van der Waals surface area contributed by atoms with Crippen LogP contribution in [0.1, 0.15) is 17.3 Å². The fraction of sp³-hybridized carbons (Fsp3) is 0.222. The Kier molecular flexibility index (Phi) is 8.32. The summed E-state index contributed by atoms with van der Waals surface area (Å²) in [5, 5.41) is 1.83. The normalized spacial score (nSPS) is 11.1. The highest BCUT2D eigenvalue weighted by Gasteiger charge is 2.30. The number of carbonyl (C=O) groups excluding carboxylic acids is 2. The lowest BCUT2D eigenvalue weighted by atomic mass is 10.1. The molecule has 32 heavy (non-hydrogen) atoms. The summed E-state index contributed by atoms with van der Waals surface area (Å²) in [5.41, 5.74) is 4.41. The van der Waals surface area contributed by atoms with E-state index in [1.54, 1.807) is 0 Å². The van der Waals surface area contributed by atoms with E-state index >= 15 is 0 Å². The lowest BCUT2D eigenvalue weighted by molar-refractivity contribution is -0.153. The van der Waals surface area contributed by atoms with Gasteiger partial charge in [-0.25, -0.2) is 18.3 Å². The second-order valence-corrected chi connectivity index (χ2v) is 7.18. The van der Waals surface area contributed by atoms with Crippen LogP contribution in [-0.4, -0.2) is 31.4 Å². The van der Waals surface area contributed by atoms with Crippen LogP contribution in [-0.2, 0) is 4.74 Å². The van der Waals surface area contributed by atoms with Gasteiger partial charge in [-0.2, -0.15) is 13.2 Å². The molecule has 7 nitrogen and oxygen atoms in total. The van der Waals surface area contributed by atoms with Gasteiger partial charge in [0.1, 0.15) is 17.1 Å². The van der Waals surface area contributed by atoms with Crippen LogP contribution in [0.2, 0.25) is 10.0 Å². The number of nitrogens with one attached hydrogen (secondary N) is 1. The zero-order valence-corrected chi connectivity index (χ0v) is 18.5. The number of amides is 2. The van der Waals surface area contributed by atoms with Crippen molar-refractivity contribution < 1.29 is 36.6 Å². The molecule has 2 amide bonds. The van der Waals surface area contributed by atoms with E-state index < -0.39 is 47.6 Å². The van der Waals surface area contributed by atoms with Gasteiger partial charge in [-0.1, -0.05) is 36.0 Å². The van der Waals surface area contributed by atoms with E-state index in [0.29, 0.717) is 4.31 Å². The molecule has 0 aliphatic heterocycles. The average Bonchev–Trinajstić information content (AvgIpc) is 2.71. The number of nitrogen functional groups attached to an aromatic ring is 1. The predicted octanol–water partition coefficient (Wildman–Crippen LogP) is 5.72. The number of benzene rings is 2. The van der Waals surface area contributed by atoms with E-state index in [4.69, 9.17) is 33.7 Å². The molecule has 174 valence electrons. The van der Waals surface area contributed by atoms with E-state index in [9.17, 15) is 27.2 Å². The number of urea groups is 1. The smallest absolute Gasteiger partial charge is 0.422 e. The lowest BCUT2D eigenvalue weighted by Crippen LogP contribution is -2.28. The second-order valence-electron chi connectivity index (χ2n) is 5.99. The minimum absolute atomic E-state index is 0.0376. The molecule has 0 radical (unpaired) electrons. The summed E-state index contributed by atoms with van der Waals surface area (Å²) < 4.78 is 61.7. The minimum Gasteiger partial charge on any atom is -0.483 e. The van der Waals surface area contributed by atoms with E-state index in [0.717, 1.165) is 18.2 Å². The van der Waals surface area contributed by atoms with Crippen molar-refractivity contribution in [1.82, 2.24) is 0 Å². The van der Waals surface area contributed by atoms with Gasteiger partial charge < -0.3 is 20.5 Å². The first-order valence-corrected chi connectivity index (χ1v) is 9.75. The number of nitrogens with zero attached hydrogens (tertiary/aromatic N) is 1. The molecule has 0 saturated heterocycles. The van der Waals surface area contributed by atoms with Crippen molar-refractivity contribution in [2.24, 2.45) is 0 Å². The fourth-order valence-corrected chi connectivity index (χ4v) is 2.91. The van der Waals surface area contributed by atoms with Gasteiger partial charge in [0.05, 0.1) is 33.7 Å². The first kappa shape index (κ1) is 25.7. The molecule has 0 saturated carbocycles. The fourth-order valence-electron chi connectivity index (χ4n) is 2.33. The summed E-state index contributed by atoms with van der Waals surface area (Å²) in [6.45, 7) is -0.307. The Balaban J connectivity index is 2.41. The average molecular weight is 516 g/mol. The molecule has 14 heteroatoms. The third-order valence-corrected chi connectivity index (χ3v) is 4.91. The zero-order valence-electron chi connectivity index (χ0n) is 16.1. The van der Waals surface area contributed by atoms with Crippen molar-refractivity contribution in [3.8, 4) is 5.75 Å². The number of alkyl halides is 3. The molecular weight excluding hydrogens is 501 g/mol. The van der Waals surface area contributed by atoms with Gasteiger partial charge in [-0.3, -0.25) is 0 Å². The number of rotatable bonds is 6. The Morgan fingerprint density at radius 1 is 1.25 bits per heavy atom.